The second-order valence-electron chi connectivity index (χ2n) is 2.17. The van der Waals surface area contributed by atoms with Gasteiger partial charge in [-0.1, -0.05) is 0 Å². The molecular weight excluding hydrogens is 162 g/mol. The minimum Gasteiger partial charge on any atom is -0.331 e. The van der Waals surface area contributed by atoms with Crippen molar-refractivity contribution in [1.82, 2.24) is 15.0 Å². The molecule has 0 spiro atoms. The fraction of sp³-hybridized carbons (Fsp3) is 0. The Bertz CT molecular complexity index is 492. The highest BCUT2D eigenvalue weighted by molar-refractivity contribution is 7.71. The molecule has 0 aromatic carbocycles. The number of imidazole rings is 1. The first-order valence-electron chi connectivity index (χ1n) is 3.07. The molecule has 0 fully saturated rings. The maximum Gasteiger partial charge on any atom is 0.273 e. The molecule has 2 aromatic heterocycles. The Balaban J connectivity index is 3.14. The van der Waals surface area contributed by atoms with Crippen LogP contribution in [0.25, 0.3) is 11.0 Å². The van der Waals surface area contributed by atoms with Gasteiger partial charge in [-0.15, -0.1) is 0 Å². The Kier molecular flexibility index (Phi) is 1.19. The average molecular weight is 167 g/mol. The van der Waals surface area contributed by atoms with Crippen LogP contribution >= 0.6 is 12.2 Å². The summed E-state index contributed by atoms with van der Waals surface area (Å²) in [6, 6.07) is 1.75. The average Bonchev–Trinajstić information content (AvgIpc) is 2.31. The van der Waals surface area contributed by atoms with Crippen molar-refractivity contribution in [2.75, 3.05) is 0 Å². The second-order valence-corrected chi connectivity index (χ2v) is 2.58. The zero-order valence-corrected chi connectivity index (χ0v) is 6.29. The number of H-pyrrole nitrogens is 3. The Hall–Kier alpha value is -1.36. The van der Waals surface area contributed by atoms with Crippen molar-refractivity contribution < 1.29 is 0 Å². The number of aromatic amines is 3. The molecule has 2 rings (SSSR count). The molecule has 0 amide bonds. The van der Waals surface area contributed by atoms with E-state index in [1.165, 1.54) is 0 Å². The molecule has 3 N–H and O–H groups in total. The third-order valence-corrected chi connectivity index (χ3v) is 1.65. The molecule has 11 heavy (non-hydrogen) atoms. The minimum absolute atomic E-state index is 0.158. The molecule has 56 valence electrons. The highest BCUT2D eigenvalue weighted by Gasteiger charge is 1.97. The third-order valence-electron chi connectivity index (χ3n) is 1.45. The number of pyridine rings is 1. The first-order valence-corrected chi connectivity index (χ1v) is 3.48. The highest BCUT2D eigenvalue weighted by Crippen LogP contribution is 2.00. The van der Waals surface area contributed by atoms with Gasteiger partial charge in [0.2, 0.25) is 0 Å². The number of rotatable bonds is 0. The lowest BCUT2D eigenvalue weighted by atomic mass is 10.4. The van der Waals surface area contributed by atoms with E-state index in [0.29, 0.717) is 10.3 Å². The van der Waals surface area contributed by atoms with Crippen LogP contribution in [-0.4, -0.2) is 15.0 Å². The van der Waals surface area contributed by atoms with Gasteiger partial charge >= 0.3 is 0 Å². The van der Waals surface area contributed by atoms with Crippen molar-refractivity contribution >= 4 is 23.3 Å². The summed E-state index contributed by atoms with van der Waals surface area (Å²) in [7, 11) is 0. The van der Waals surface area contributed by atoms with Crippen LogP contribution in [0.5, 0.6) is 0 Å². The van der Waals surface area contributed by atoms with Gasteiger partial charge in [-0.05, 0) is 18.3 Å². The fourth-order valence-corrected chi connectivity index (χ4v) is 1.19. The SMILES string of the molecule is O=c1[nH]ccc2[nH]c(=S)[nH]c12. The lowest BCUT2D eigenvalue weighted by Gasteiger charge is -1.83. The van der Waals surface area contributed by atoms with Gasteiger partial charge in [-0.3, -0.25) is 4.79 Å². The monoisotopic (exact) mass is 167 g/mol. The smallest absolute Gasteiger partial charge is 0.273 e. The zero-order valence-electron chi connectivity index (χ0n) is 5.47. The van der Waals surface area contributed by atoms with E-state index in [2.05, 4.69) is 15.0 Å². The molecule has 0 aliphatic heterocycles. The van der Waals surface area contributed by atoms with Crippen molar-refractivity contribution in [2.45, 2.75) is 0 Å². The van der Waals surface area contributed by atoms with Crippen molar-refractivity contribution in [1.29, 1.82) is 0 Å². The van der Waals surface area contributed by atoms with Crippen LogP contribution in [0.1, 0.15) is 0 Å². The predicted octanol–water partition coefficient (Wildman–Crippen LogP) is 0.914. The van der Waals surface area contributed by atoms with Crippen LogP contribution in [0.15, 0.2) is 17.1 Å². The van der Waals surface area contributed by atoms with Crippen LogP contribution in [0.3, 0.4) is 0 Å². The first kappa shape index (κ1) is 6.36. The molecule has 0 saturated carbocycles. The summed E-state index contributed by atoms with van der Waals surface area (Å²) in [5, 5.41) is 0. The van der Waals surface area contributed by atoms with Crippen molar-refractivity contribution in [2.24, 2.45) is 0 Å². The molecule has 0 aliphatic rings. The van der Waals surface area contributed by atoms with Gasteiger partial charge in [0.25, 0.3) is 5.56 Å². The lowest BCUT2D eigenvalue weighted by Crippen LogP contribution is -2.03. The van der Waals surface area contributed by atoms with Gasteiger partial charge in [-0.25, -0.2) is 0 Å². The summed E-state index contributed by atoms with van der Waals surface area (Å²) in [6.07, 6.45) is 1.57. The van der Waals surface area contributed by atoms with Crippen LogP contribution in [0, 0.1) is 4.77 Å². The van der Waals surface area contributed by atoms with E-state index < -0.39 is 0 Å². The summed E-state index contributed by atoms with van der Waals surface area (Å²) in [5.41, 5.74) is 1.08. The van der Waals surface area contributed by atoms with E-state index in [1.807, 2.05) is 0 Å². The van der Waals surface area contributed by atoms with Gasteiger partial charge < -0.3 is 15.0 Å². The number of aromatic nitrogens is 3. The quantitative estimate of drug-likeness (QED) is 0.511. The molecule has 0 unspecified atom stereocenters. The van der Waals surface area contributed by atoms with E-state index in [-0.39, 0.29) is 5.56 Å². The maximum atomic E-state index is 11.0. The largest absolute Gasteiger partial charge is 0.331 e. The number of hydrogen-bond donors (Lipinski definition) is 3. The summed E-state index contributed by atoms with van der Waals surface area (Å²) in [5.74, 6) is 0. The Morgan fingerprint density at radius 2 is 2.18 bits per heavy atom. The Labute approximate surface area is 66.3 Å². The number of nitrogens with one attached hydrogen (secondary N) is 3. The predicted molar refractivity (Wildman–Crippen MR) is 44.1 cm³/mol. The molecule has 0 bridgehead atoms. The molecule has 0 radical (unpaired) electrons. The molecule has 0 saturated heterocycles. The van der Waals surface area contributed by atoms with Crippen molar-refractivity contribution in [3.8, 4) is 0 Å². The highest BCUT2D eigenvalue weighted by atomic mass is 32.1. The summed E-state index contributed by atoms with van der Waals surface area (Å²) in [6.45, 7) is 0. The Morgan fingerprint density at radius 3 is 2.91 bits per heavy atom. The summed E-state index contributed by atoms with van der Waals surface area (Å²) < 4.78 is 0.469. The van der Waals surface area contributed by atoms with Crippen molar-refractivity contribution in [3.05, 3.63) is 27.4 Å². The van der Waals surface area contributed by atoms with Crippen LogP contribution in [-0.2, 0) is 0 Å². The minimum atomic E-state index is -0.158. The van der Waals surface area contributed by atoms with Crippen LogP contribution in [0.4, 0.5) is 0 Å². The van der Waals surface area contributed by atoms with Gasteiger partial charge in [0.05, 0.1) is 5.52 Å². The molecule has 0 aliphatic carbocycles. The second kappa shape index (κ2) is 2.06. The van der Waals surface area contributed by atoms with Gasteiger partial charge in [-0.2, -0.15) is 0 Å². The molecular formula is C6H5N3OS. The molecule has 2 aromatic rings. The van der Waals surface area contributed by atoms with Gasteiger partial charge in [0.15, 0.2) is 4.77 Å². The zero-order chi connectivity index (χ0) is 7.84. The van der Waals surface area contributed by atoms with Crippen LogP contribution in [0.2, 0.25) is 0 Å². The Morgan fingerprint density at radius 1 is 1.36 bits per heavy atom. The third kappa shape index (κ3) is 0.894. The number of hydrogen-bond acceptors (Lipinski definition) is 2. The normalized spacial score (nSPS) is 10.5. The topological polar surface area (TPSA) is 64.4 Å². The first-order chi connectivity index (χ1) is 5.27. The summed E-state index contributed by atoms with van der Waals surface area (Å²) >= 11 is 4.81. The molecule has 4 nitrogen and oxygen atoms in total. The van der Waals surface area contributed by atoms with Crippen LogP contribution < -0.4 is 5.56 Å². The van der Waals surface area contributed by atoms with E-state index in [1.54, 1.807) is 12.3 Å². The van der Waals surface area contributed by atoms with E-state index in [9.17, 15) is 4.79 Å². The van der Waals surface area contributed by atoms with Gasteiger partial charge in [0.1, 0.15) is 5.52 Å². The fourth-order valence-electron chi connectivity index (χ4n) is 0.974. The van der Waals surface area contributed by atoms with Gasteiger partial charge in [0, 0.05) is 6.20 Å². The van der Waals surface area contributed by atoms with E-state index in [4.69, 9.17) is 12.2 Å². The lowest BCUT2D eigenvalue weighted by molar-refractivity contribution is 1.25. The number of fused-ring (bicyclic) bond motifs is 1. The standard InChI is InChI=1S/C6H5N3OS/c10-5-4-3(1-2-7-5)8-6(11)9-4/h1-2H,(H,7,10)(H2,8,9,11). The molecule has 2 heterocycles. The van der Waals surface area contributed by atoms with E-state index >= 15 is 0 Å². The maximum absolute atomic E-state index is 11.0. The summed E-state index contributed by atoms with van der Waals surface area (Å²) in [4.78, 5) is 19.2. The van der Waals surface area contributed by atoms with Crippen molar-refractivity contribution in [3.63, 3.8) is 0 Å². The molecule has 0 atom stereocenters. The molecule has 5 heteroatoms. The van der Waals surface area contributed by atoms with E-state index in [0.717, 1.165) is 5.52 Å².